The molecule has 1 unspecified atom stereocenters. The highest BCUT2D eigenvalue weighted by molar-refractivity contribution is 5.91. The van der Waals surface area contributed by atoms with Crippen molar-refractivity contribution >= 4 is 16.7 Å². The van der Waals surface area contributed by atoms with Crippen molar-refractivity contribution < 1.29 is 14.6 Å². The SMILES string of the molecule is COc1ccc(C(C)CC(=O)O)c2ccccc12. The molecule has 0 heterocycles. The highest BCUT2D eigenvalue weighted by Gasteiger charge is 2.14. The van der Waals surface area contributed by atoms with Gasteiger partial charge in [0.05, 0.1) is 13.5 Å². The maximum atomic E-state index is 10.8. The molecule has 0 saturated carbocycles. The van der Waals surface area contributed by atoms with Crippen LogP contribution in [0.25, 0.3) is 10.8 Å². The van der Waals surface area contributed by atoms with Crippen molar-refractivity contribution in [3.63, 3.8) is 0 Å². The predicted octanol–water partition coefficient (Wildman–Crippen LogP) is 3.43. The van der Waals surface area contributed by atoms with Crippen LogP contribution in [0.4, 0.5) is 0 Å². The van der Waals surface area contributed by atoms with Crippen LogP contribution in [0.5, 0.6) is 5.75 Å². The number of aliphatic carboxylic acids is 1. The normalized spacial score (nSPS) is 12.3. The van der Waals surface area contributed by atoms with Crippen molar-refractivity contribution in [1.29, 1.82) is 0 Å². The first kappa shape index (κ1) is 12.4. The third-order valence-electron chi connectivity index (χ3n) is 3.15. The molecule has 1 N–H and O–H groups in total. The molecule has 0 aromatic heterocycles. The standard InChI is InChI=1S/C15H16O3/c1-10(9-15(16)17)11-7-8-14(18-2)13-6-4-3-5-12(11)13/h3-8,10H,9H2,1-2H3,(H,16,17). The van der Waals surface area contributed by atoms with Crippen LogP contribution in [0.2, 0.25) is 0 Å². The van der Waals surface area contributed by atoms with Gasteiger partial charge in [0.15, 0.2) is 0 Å². The summed E-state index contributed by atoms with van der Waals surface area (Å²) in [6.07, 6.45) is 0.135. The van der Waals surface area contributed by atoms with Gasteiger partial charge in [-0.1, -0.05) is 37.3 Å². The van der Waals surface area contributed by atoms with Crippen LogP contribution in [0.1, 0.15) is 24.8 Å². The fourth-order valence-electron chi connectivity index (χ4n) is 2.27. The van der Waals surface area contributed by atoms with Crippen LogP contribution in [-0.2, 0) is 4.79 Å². The predicted molar refractivity (Wildman–Crippen MR) is 71.2 cm³/mol. The molecular weight excluding hydrogens is 228 g/mol. The Bertz CT molecular complexity index is 575. The lowest BCUT2D eigenvalue weighted by Crippen LogP contribution is -2.03. The molecule has 0 aliphatic carbocycles. The zero-order valence-electron chi connectivity index (χ0n) is 10.5. The summed E-state index contributed by atoms with van der Waals surface area (Å²) in [5.41, 5.74) is 1.05. The summed E-state index contributed by atoms with van der Waals surface area (Å²) in [6, 6.07) is 11.8. The molecule has 3 nitrogen and oxygen atoms in total. The van der Waals surface area contributed by atoms with Crippen molar-refractivity contribution in [3.05, 3.63) is 42.0 Å². The number of carboxylic acids is 1. The Morgan fingerprint density at radius 1 is 1.22 bits per heavy atom. The number of carboxylic acid groups (broad SMARTS) is 1. The molecule has 2 rings (SSSR count). The minimum Gasteiger partial charge on any atom is -0.496 e. The smallest absolute Gasteiger partial charge is 0.303 e. The third kappa shape index (κ3) is 2.30. The summed E-state index contributed by atoms with van der Waals surface area (Å²) in [7, 11) is 1.64. The molecule has 0 saturated heterocycles. The van der Waals surface area contributed by atoms with Crippen molar-refractivity contribution in [2.24, 2.45) is 0 Å². The van der Waals surface area contributed by atoms with E-state index in [9.17, 15) is 4.79 Å². The van der Waals surface area contributed by atoms with Gasteiger partial charge in [0.25, 0.3) is 0 Å². The van der Waals surface area contributed by atoms with Gasteiger partial charge in [0, 0.05) is 5.39 Å². The largest absolute Gasteiger partial charge is 0.496 e. The summed E-state index contributed by atoms with van der Waals surface area (Å²) < 4.78 is 5.33. The summed E-state index contributed by atoms with van der Waals surface area (Å²) in [4.78, 5) is 10.8. The molecule has 2 aromatic rings. The van der Waals surface area contributed by atoms with Crippen molar-refractivity contribution in [2.45, 2.75) is 19.3 Å². The van der Waals surface area contributed by atoms with Crippen molar-refractivity contribution in [2.75, 3.05) is 7.11 Å². The third-order valence-corrected chi connectivity index (χ3v) is 3.15. The highest BCUT2D eigenvalue weighted by atomic mass is 16.5. The number of rotatable bonds is 4. The summed E-state index contributed by atoms with van der Waals surface area (Å²) in [5, 5.41) is 11.0. The first-order valence-corrected chi connectivity index (χ1v) is 5.91. The molecule has 1 atom stereocenters. The first-order valence-electron chi connectivity index (χ1n) is 5.91. The Hall–Kier alpha value is -2.03. The second kappa shape index (κ2) is 5.08. The molecule has 94 valence electrons. The molecule has 0 bridgehead atoms. The van der Waals surface area contributed by atoms with Gasteiger partial charge in [0.2, 0.25) is 0 Å². The van der Waals surface area contributed by atoms with Crippen LogP contribution in [0.3, 0.4) is 0 Å². The molecule has 0 radical (unpaired) electrons. The molecule has 0 amide bonds. The van der Waals surface area contributed by atoms with Gasteiger partial charge < -0.3 is 9.84 Å². The van der Waals surface area contributed by atoms with Crippen LogP contribution < -0.4 is 4.74 Å². The van der Waals surface area contributed by atoms with E-state index in [1.807, 2.05) is 43.3 Å². The molecule has 2 aromatic carbocycles. The zero-order valence-corrected chi connectivity index (χ0v) is 10.5. The van der Waals surface area contributed by atoms with Gasteiger partial charge in [-0.25, -0.2) is 0 Å². The van der Waals surface area contributed by atoms with E-state index in [0.717, 1.165) is 22.1 Å². The lowest BCUT2D eigenvalue weighted by molar-refractivity contribution is -0.137. The summed E-state index contributed by atoms with van der Waals surface area (Å²) in [6.45, 7) is 1.93. The second-order valence-electron chi connectivity index (χ2n) is 4.40. The molecule has 18 heavy (non-hydrogen) atoms. The highest BCUT2D eigenvalue weighted by Crippen LogP contribution is 2.33. The fraction of sp³-hybridized carbons (Fsp3) is 0.267. The van der Waals surface area contributed by atoms with Crippen LogP contribution in [0, 0.1) is 0 Å². The van der Waals surface area contributed by atoms with Gasteiger partial charge in [-0.15, -0.1) is 0 Å². The number of benzene rings is 2. The van der Waals surface area contributed by atoms with Gasteiger partial charge in [-0.3, -0.25) is 4.79 Å². The molecule has 3 heteroatoms. The van der Waals surface area contributed by atoms with Crippen LogP contribution in [-0.4, -0.2) is 18.2 Å². The van der Waals surface area contributed by atoms with E-state index >= 15 is 0 Å². The van der Waals surface area contributed by atoms with E-state index in [2.05, 4.69) is 0 Å². The minimum absolute atomic E-state index is 0.0155. The van der Waals surface area contributed by atoms with Gasteiger partial charge in [0.1, 0.15) is 5.75 Å². The van der Waals surface area contributed by atoms with E-state index in [1.54, 1.807) is 7.11 Å². The number of ether oxygens (including phenoxy) is 1. The number of carbonyl (C=O) groups is 1. The molecule has 0 spiro atoms. The van der Waals surface area contributed by atoms with E-state index in [0.29, 0.717) is 0 Å². The molecule has 0 aliphatic rings. The lowest BCUT2D eigenvalue weighted by atomic mass is 9.92. The second-order valence-corrected chi connectivity index (χ2v) is 4.40. The van der Waals surface area contributed by atoms with Crippen LogP contribution in [0.15, 0.2) is 36.4 Å². The van der Waals surface area contributed by atoms with Crippen molar-refractivity contribution in [1.82, 2.24) is 0 Å². The fourth-order valence-corrected chi connectivity index (χ4v) is 2.27. The average Bonchev–Trinajstić information content (AvgIpc) is 2.36. The Kier molecular flexibility index (Phi) is 3.51. The maximum absolute atomic E-state index is 10.8. The Morgan fingerprint density at radius 2 is 1.89 bits per heavy atom. The molecule has 0 fully saturated rings. The van der Waals surface area contributed by atoms with Gasteiger partial charge >= 0.3 is 5.97 Å². The number of hydrogen-bond acceptors (Lipinski definition) is 2. The first-order chi connectivity index (χ1) is 8.63. The monoisotopic (exact) mass is 244 g/mol. The molecule has 0 aliphatic heterocycles. The summed E-state index contributed by atoms with van der Waals surface area (Å²) in [5.74, 6) is 0.0255. The maximum Gasteiger partial charge on any atom is 0.303 e. The van der Waals surface area contributed by atoms with E-state index in [4.69, 9.17) is 9.84 Å². The summed E-state index contributed by atoms with van der Waals surface area (Å²) >= 11 is 0. The van der Waals surface area contributed by atoms with E-state index in [1.165, 1.54) is 0 Å². The lowest BCUT2D eigenvalue weighted by Gasteiger charge is -2.14. The zero-order chi connectivity index (χ0) is 13.1. The Balaban J connectivity index is 2.55. The topological polar surface area (TPSA) is 46.5 Å². The number of hydrogen-bond donors (Lipinski definition) is 1. The van der Waals surface area contributed by atoms with Gasteiger partial charge in [-0.05, 0) is 22.9 Å². The number of fused-ring (bicyclic) bond motifs is 1. The molecular formula is C15H16O3. The van der Waals surface area contributed by atoms with Gasteiger partial charge in [-0.2, -0.15) is 0 Å². The average molecular weight is 244 g/mol. The Labute approximate surface area is 106 Å². The number of methoxy groups -OCH3 is 1. The Morgan fingerprint density at radius 3 is 2.50 bits per heavy atom. The minimum atomic E-state index is -0.776. The van der Waals surface area contributed by atoms with Crippen molar-refractivity contribution in [3.8, 4) is 5.75 Å². The van der Waals surface area contributed by atoms with Crippen LogP contribution >= 0.6 is 0 Å². The quantitative estimate of drug-likeness (QED) is 0.896. The van der Waals surface area contributed by atoms with E-state index in [-0.39, 0.29) is 12.3 Å². The van der Waals surface area contributed by atoms with E-state index < -0.39 is 5.97 Å².